The quantitative estimate of drug-likeness (QED) is 0.683. The number of nitrogens with zero attached hydrogens (tertiary/aromatic N) is 2. The van der Waals surface area contributed by atoms with E-state index >= 15 is 0 Å². The fraction of sp³-hybridized carbons (Fsp3) is 0.364. The Hall–Kier alpha value is -3.02. The maximum atomic E-state index is 13.0. The summed E-state index contributed by atoms with van der Waals surface area (Å²) in [5.74, 6) is 0.766. The van der Waals surface area contributed by atoms with E-state index < -0.39 is 0 Å². The first kappa shape index (κ1) is 18.3. The van der Waals surface area contributed by atoms with Crippen molar-refractivity contribution in [1.29, 1.82) is 0 Å². The number of carbonyl (C=O) groups excluding carboxylic acids is 2. The van der Waals surface area contributed by atoms with E-state index in [1.807, 2.05) is 44.3 Å². The molecule has 1 atom stereocenters. The highest BCUT2D eigenvalue weighted by molar-refractivity contribution is 5.94. The second-order valence-corrected chi connectivity index (χ2v) is 7.39. The number of fused-ring (bicyclic) bond motifs is 1. The molecule has 3 aromatic rings. The van der Waals surface area contributed by atoms with Crippen LogP contribution in [-0.2, 0) is 4.79 Å². The van der Waals surface area contributed by atoms with Gasteiger partial charge in [-0.3, -0.25) is 9.59 Å². The molecule has 4 rings (SSSR count). The van der Waals surface area contributed by atoms with Crippen molar-refractivity contribution in [3.05, 3.63) is 60.2 Å². The molecule has 0 spiro atoms. The predicted molar refractivity (Wildman–Crippen MR) is 105 cm³/mol. The van der Waals surface area contributed by atoms with Crippen molar-refractivity contribution in [3.63, 3.8) is 0 Å². The van der Waals surface area contributed by atoms with Crippen molar-refractivity contribution in [2.24, 2.45) is 5.92 Å². The third-order valence-corrected chi connectivity index (χ3v) is 5.68. The number of rotatable bonds is 4. The zero-order valence-electron chi connectivity index (χ0n) is 16.1. The van der Waals surface area contributed by atoms with Gasteiger partial charge >= 0.3 is 0 Å². The highest BCUT2D eigenvalue weighted by Gasteiger charge is 2.32. The van der Waals surface area contributed by atoms with Gasteiger partial charge in [0.1, 0.15) is 17.6 Å². The van der Waals surface area contributed by atoms with E-state index in [0.29, 0.717) is 31.5 Å². The molecule has 0 radical (unpaired) electrons. The number of para-hydroxylation sites is 1. The van der Waals surface area contributed by atoms with E-state index in [9.17, 15) is 9.59 Å². The lowest BCUT2D eigenvalue weighted by atomic mass is 9.94. The van der Waals surface area contributed by atoms with Crippen molar-refractivity contribution in [2.75, 3.05) is 20.1 Å². The first-order valence-corrected chi connectivity index (χ1v) is 9.61. The number of furan rings is 2. The fourth-order valence-electron chi connectivity index (χ4n) is 3.78. The van der Waals surface area contributed by atoms with Crippen molar-refractivity contribution in [3.8, 4) is 0 Å². The number of benzene rings is 1. The number of hydrogen-bond donors (Lipinski definition) is 0. The molecule has 0 aliphatic carbocycles. The molecule has 6 heteroatoms. The van der Waals surface area contributed by atoms with Crippen LogP contribution in [0.1, 0.15) is 41.9 Å². The van der Waals surface area contributed by atoms with Crippen LogP contribution in [0.5, 0.6) is 0 Å². The van der Waals surface area contributed by atoms with Crippen LogP contribution in [-0.4, -0.2) is 41.8 Å². The molecule has 146 valence electrons. The first-order valence-electron chi connectivity index (χ1n) is 9.61. The van der Waals surface area contributed by atoms with Crippen LogP contribution in [0.2, 0.25) is 0 Å². The molecule has 2 aromatic heterocycles. The number of likely N-dealkylation sites (tertiary alicyclic amines) is 1. The molecule has 1 saturated heterocycles. The van der Waals surface area contributed by atoms with Gasteiger partial charge in [0.05, 0.1) is 17.9 Å². The maximum Gasteiger partial charge on any atom is 0.257 e. The monoisotopic (exact) mass is 380 g/mol. The summed E-state index contributed by atoms with van der Waals surface area (Å²) in [7, 11) is 1.82. The molecule has 1 aliphatic heterocycles. The molecule has 28 heavy (non-hydrogen) atoms. The minimum Gasteiger partial charge on any atom is -0.472 e. The van der Waals surface area contributed by atoms with Gasteiger partial charge in [0, 0.05) is 31.4 Å². The molecule has 2 amide bonds. The van der Waals surface area contributed by atoms with Crippen LogP contribution in [0.25, 0.3) is 11.0 Å². The number of amides is 2. The van der Waals surface area contributed by atoms with Gasteiger partial charge in [-0.15, -0.1) is 0 Å². The largest absolute Gasteiger partial charge is 0.472 e. The van der Waals surface area contributed by atoms with Crippen LogP contribution in [0.4, 0.5) is 0 Å². The molecule has 0 saturated carbocycles. The first-order chi connectivity index (χ1) is 13.5. The summed E-state index contributed by atoms with van der Waals surface area (Å²) in [6.45, 7) is 3.13. The van der Waals surface area contributed by atoms with E-state index in [0.717, 1.165) is 16.7 Å². The van der Waals surface area contributed by atoms with Gasteiger partial charge in [0.15, 0.2) is 0 Å². The zero-order valence-corrected chi connectivity index (χ0v) is 16.1. The highest BCUT2D eigenvalue weighted by Crippen LogP contribution is 2.29. The lowest BCUT2D eigenvalue weighted by Gasteiger charge is -2.34. The summed E-state index contributed by atoms with van der Waals surface area (Å²) in [4.78, 5) is 29.0. The molecule has 1 aliphatic rings. The molecule has 6 nitrogen and oxygen atoms in total. The molecule has 0 bridgehead atoms. The Morgan fingerprint density at radius 3 is 2.61 bits per heavy atom. The number of carbonyl (C=O) groups is 2. The molecule has 3 heterocycles. The highest BCUT2D eigenvalue weighted by atomic mass is 16.3. The van der Waals surface area contributed by atoms with Crippen LogP contribution in [0.15, 0.2) is 57.8 Å². The minimum atomic E-state index is -0.148. The third kappa shape index (κ3) is 3.42. The van der Waals surface area contributed by atoms with Crippen molar-refractivity contribution in [2.45, 2.75) is 25.8 Å². The van der Waals surface area contributed by atoms with Crippen LogP contribution in [0.3, 0.4) is 0 Å². The second kappa shape index (κ2) is 7.54. The second-order valence-electron chi connectivity index (χ2n) is 7.39. The average Bonchev–Trinajstić information content (AvgIpc) is 3.41. The summed E-state index contributed by atoms with van der Waals surface area (Å²) in [6, 6.07) is 11.4. The molecular weight excluding hydrogens is 356 g/mol. The van der Waals surface area contributed by atoms with Crippen molar-refractivity contribution in [1.82, 2.24) is 9.80 Å². The summed E-state index contributed by atoms with van der Waals surface area (Å²) in [5.41, 5.74) is 1.39. The minimum absolute atomic E-state index is 0.0383. The topological polar surface area (TPSA) is 66.9 Å². The molecule has 0 N–H and O–H groups in total. The Morgan fingerprint density at radius 1 is 1.18 bits per heavy atom. The van der Waals surface area contributed by atoms with Gasteiger partial charge in [-0.1, -0.05) is 18.2 Å². The average molecular weight is 380 g/mol. The van der Waals surface area contributed by atoms with Gasteiger partial charge in [-0.2, -0.15) is 0 Å². The number of piperidine rings is 1. The van der Waals surface area contributed by atoms with Crippen molar-refractivity contribution < 1.29 is 18.4 Å². The standard InChI is InChI=1S/C22H24N2O4/c1-15(20-13-17-5-3-4-6-19(17)28-20)23(2)21(25)16-7-10-24(11-8-16)22(26)18-9-12-27-14-18/h3-6,9,12-16H,7-8,10-11H2,1-2H3. The molecular formula is C22H24N2O4. The van der Waals surface area contributed by atoms with Gasteiger partial charge in [-0.25, -0.2) is 0 Å². The Bertz CT molecular complexity index is 935. The third-order valence-electron chi connectivity index (χ3n) is 5.68. The summed E-state index contributed by atoms with van der Waals surface area (Å²) in [5, 5.41) is 1.04. The van der Waals surface area contributed by atoms with E-state index in [2.05, 4.69) is 0 Å². The SMILES string of the molecule is CC(c1cc2ccccc2o1)N(C)C(=O)C1CCN(C(=O)c2ccoc2)CC1. The smallest absolute Gasteiger partial charge is 0.257 e. The Balaban J connectivity index is 1.38. The lowest BCUT2D eigenvalue weighted by molar-refractivity contribution is -0.137. The maximum absolute atomic E-state index is 13.0. The molecule has 1 unspecified atom stereocenters. The Labute approximate surface area is 163 Å². The van der Waals surface area contributed by atoms with Crippen LogP contribution >= 0.6 is 0 Å². The van der Waals surface area contributed by atoms with E-state index in [1.54, 1.807) is 15.9 Å². The van der Waals surface area contributed by atoms with Crippen molar-refractivity contribution >= 4 is 22.8 Å². The normalized spacial score (nSPS) is 16.3. The Morgan fingerprint density at radius 2 is 1.93 bits per heavy atom. The van der Waals surface area contributed by atoms with Crippen LogP contribution < -0.4 is 0 Å². The van der Waals surface area contributed by atoms with Crippen LogP contribution in [0, 0.1) is 5.92 Å². The van der Waals surface area contributed by atoms with Gasteiger partial charge < -0.3 is 18.6 Å². The summed E-state index contributed by atoms with van der Waals surface area (Å²) >= 11 is 0. The predicted octanol–water partition coefficient (Wildman–Crippen LogP) is 4.10. The van der Waals surface area contributed by atoms with E-state index in [1.165, 1.54) is 12.5 Å². The van der Waals surface area contributed by atoms with E-state index in [-0.39, 0.29) is 23.8 Å². The summed E-state index contributed by atoms with van der Waals surface area (Å²) < 4.78 is 10.9. The van der Waals surface area contributed by atoms with Gasteiger partial charge in [-0.05, 0) is 38.0 Å². The van der Waals surface area contributed by atoms with Gasteiger partial charge in [0.2, 0.25) is 5.91 Å². The summed E-state index contributed by atoms with van der Waals surface area (Å²) in [6.07, 6.45) is 4.29. The number of hydrogen-bond acceptors (Lipinski definition) is 4. The Kier molecular flexibility index (Phi) is 4.94. The van der Waals surface area contributed by atoms with E-state index in [4.69, 9.17) is 8.83 Å². The molecule has 1 fully saturated rings. The lowest BCUT2D eigenvalue weighted by Crippen LogP contribution is -2.43. The molecule has 1 aromatic carbocycles. The zero-order chi connectivity index (χ0) is 19.7. The van der Waals surface area contributed by atoms with Gasteiger partial charge in [0.25, 0.3) is 5.91 Å². The fourth-order valence-corrected chi connectivity index (χ4v) is 3.78.